The zero-order valence-electron chi connectivity index (χ0n) is 15.1. The third kappa shape index (κ3) is 4.03. The summed E-state index contributed by atoms with van der Waals surface area (Å²) >= 11 is 0. The molecule has 0 radical (unpaired) electrons. The molecule has 7 nitrogen and oxygen atoms in total. The van der Waals surface area contributed by atoms with Crippen molar-refractivity contribution in [3.8, 4) is 11.4 Å². The van der Waals surface area contributed by atoms with E-state index in [4.69, 9.17) is 4.52 Å². The molecule has 138 valence electrons. The number of carbonyl (C=O) groups excluding carboxylic acids is 2. The molecule has 3 rings (SSSR count). The Kier molecular flexibility index (Phi) is 5.30. The molecule has 0 saturated heterocycles. The van der Waals surface area contributed by atoms with E-state index in [0.29, 0.717) is 23.5 Å². The van der Waals surface area contributed by atoms with Gasteiger partial charge in [0.15, 0.2) is 11.6 Å². The first-order chi connectivity index (χ1) is 13.0. The van der Waals surface area contributed by atoms with Crippen LogP contribution in [0.1, 0.15) is 29.3 Å². The number of nitrogens with zero attached hydrogens (tertiary/aromatic N) is 2. The minimum atomic E-state index is -0.687. The van der Waals surface area contributed by atoms with Crippen LogP contribution in [0.4, 0.5) is 5.69 Å². The zero-order valence-corrected chi connectivity index (χ0v) is 15.1. The number of hydrogen-bond acceptors (Lipinski definition) is 5. The van der Waals surface area contributed by atoms with E-state index in [1.807, 2.05) is 31.2 Å². The summed E-state index contributed by atoms with van der Waals surface area (Å²) < 4.78 is 5.99. The van der Waals surface area contributed by atoms with Crippen LogP contribution in [0.2, 0.25) is 0 Å². The molecule has 0 aliphatic heterocycles. The topological polar surface area (TPSA) is 94.2 Å². The van der Waals surface area contributed by atoms with Crippen LogP contribution in [0, 0.1) is 6.92 Å². The van der Waals surface area contributed by atoms with E-state index in [0.717, 1.165) is 11.1 Å². The van der Waals surface area contributed by atoms with Crippen molar-refractivity contribution in [2.45, 2.75) is 26.8 Å². The largest absolute Gasteiger partial charge is 0.442 e. The lowest BCUT2D eigenvalue weighted by Crippen LogP contribution is -2.21. The number of ketones is 1. The van der Waals surface area contributed by atoms with Crippen molar-refractivity contribution in [2.75, 3.05) is 5.32 Å². The van der Waals surface area contributed by atoms with Gasteiger partial charge in [0.2, 0.25) is 5.91 Å². The third-order valence-electron chi connectivity index (χ3n) is 4.19. The molecule has 1 heterocycles. The molecule has 27 heavy (non-hydrogen) atoms. The lowest BCUT2D eigenvalue weighted by atomic mass is 10.1. The number of carbonyl (C=O) groups is 2. The van der Waals surface area contributed by atoms with Gasteiger partial charge in [0.05, 0.1) is 6.54 Å². The van der Waals surface area contributed by atoms with Gasteiger partial charge in [0.25, 0.3) is 0 Å². The molecule has 1 aromatic heterocycles. The molecule has 7 heteroatoms. The van der Waals surface area contributed by atoms with E-state index in [-0.39, 0.29) is 18.2 Å². The lowest BCUT2D eigenvalue weighted by molar-refractivity contribution is -0.115. The minimum absolute atomic E-state index is 0.104. The molecule has 0 unspecified atom stereocenters. The summed E-state index contributed by atoms with van der Waals surface area (Å²) in [4.78, 5) is 36.1. The highest BCUT2D eigenvalue weighted by atomic mass is 16.5. The summed E-state index contributed by atoms with van der Waals surface area (Å²) in [5.74, 6) is -0.733. The Hall–Kier alpha value is -3.48. The third-order valence-corrected chi connectivity index (χ3v) is 4.19. The summed E-state index contributed by atoms with van der Waals surface area (Å²) in [5, 5.41) is 6.54. The molecule has 0 bridgehead atoms. The first-order valence-electron chi connectivity index (χ1n) is 8.55. The van der Waals surface area contributed by atoms with Gasteiger partial charge in [0.1, 0.15) is 0 Å². The molecule has 0 aliphatic rings. The highest BCUT2D eigenvalue weighted by Gasteiger charge is 2.18. The first kappa shape index (κ1) is 18.3. The van der Waals surface area contributed by atoms with Gasteiger partial charge in [-0.05, 0) is 36.8 Å². The van der Waals surface area contributed by atoms with Gasteiger partial charge in [-0.25, -0.2) is 9.36 Å². The molecule has 0 atom stereocenters. The van der Waals surface area contributed by atoms with E-state index >= 15 is 0 Å². The number of benzene rings is 2. The number of Topliss-reactive ketones (excluding diaryl/α,β-unsaturated/α-hetero) is 1. The molecule has 2 aromatic carbocycles. The monoisotopic (exact) mass is 365 g/mol. The molecular weight excluding hydrogens is 346 g/mol. The van der Waals surface area contributed by atoms with Gasteiger partial charge in [-0.15, -0.1) is 0 Å². The van der Waals surface area contributed by atoms with Gasteiger partial charge >= 0.3 is 5.76 Å². The van der Waals surface area contributed by atoms with Crippen molar-refractivity contribution in [1.82, 2.24) is 9.72 Å². The second kappa shape index (κ2) is 7.82. The SMILES string of the molecule is CCC(=O)Nc1ccc(C(=O)Cn2c(-c3ccccc3C)noc2=O)cc1. The number of amides is 1. The molecular formula is C20H19N3O4. The fourth-order valence-electron chi connectivity index (χ4n) is 2.65. The van der Waals surface area contributed by atoms with Gasteiger partial charge in [-0.2, -0.15) is 0 Å². The predicted molar refractivity (Wildman–Crippen MR) is 101 cm³/mol. The van der Waals surface area contributed by atoms with Crippen LogP contribution in [0.15, 0.2) is 57.8 Å². The summed E-state index contributed by atoms with van der Waals surface area (Å²) in [6, 6.07) is 13.9. The average molecular weight is 365 g/mol. The maximum atomic E-state index is 12.6. The molecule has 1 amide bonds. The standard InChI is InChI=1S/C20H19N3O4/c1-3-18(25)21-15-10-8-14(9-11-15)17(24)12-23-19(22-27-20(23)26)16-7-5-4-6-13(16)2/h4-11H,3,12H2,1-2H3,(H,21,25). The second-order valence-electron chi connectivity index (χ2n) is 6.08. The van der Waals surface area contributed by atoms with E-state index in [1.165, 1.54) is 4.57 Å². The quantitative estimate of drug-likeness (QED) is 0.678. The molecule has 0 fully saturated rings. The van der Waals surface area contributed by atoms with Crippen LogP contribution in [0.3, 0.4) is 0 Å². The van der Waals surface area contributed by atoms with Crippen LogP contribution >= 0.6 is 0 Å². The normalized spacial score (nSPS) is 10.6. The molecule has 1 N–H and O–H groups in total. The van der Waals surface area contributed by atoms with Gasteiger partial charge < -0.3 is 5.32 Å². The van der Waals surface area contributed by atoms with Crippen LogP contribution in [-0.4, -0.2) is 21.4 Å². The highest BCUT2D eigenvalue weighted by Crippen LogP contribution is 2.20. The van der Waals surface area contributed by atoms with Crippen molar-refractivity contribution < 1.29 is 14.1 Å². The maximum Gasteiger partial charge on any atom is 0.442 e. The molecule has 0 spiro atoms. The van der Waals surface area contributed by atoms with Crippen LogP contribution in [0.5, 0.6) is 0 Å². The average Bonchev–Trinajstić information content (AvgIpc) is 3.03. The predicted octanol–water partition coefficient (Wildman–Crippen LogP) is 3.04. The second-order valence-corrected chi connectivity index (χ2v) is 6.08. The van der Waals surface area contributed by atoms with E-state index < -0.39 is 5.76 Å². The van der Waals surface area contributed by atoms with Crippen molar-refractivity contribution >= 4 is 17.4 Å². The zero-order chi connectivity index (χ0) is 19.4. The highest BCUT2D eigenvalue weighted by molar-refractivity contribution is 5.97. The minimum Gasteiger partial charge on any atom is -0.326 e. The van der Waals surface area contributed by atoms with Crippen molar-refractivity contribution in [1.29, 1.82) is 0 Å². The fourth-order valence-corrected chi connectivity index (χ4v) is 2.65. The summed E-state index contributed by atoms with van der Waals surface area (Å²) in [6.45, 7) is 3.46. The Balaban J connectivity index is 1.83. The molecule has 0 saturated carbocycles. The number of aromatic nitrogens is 2. The first-order valence-corrected chi connectivity index (χ1v) is 8.55. The van der Waals surface area contributed by atoms with E-state index in [2.05, 4.69) is 10.5 Å². The summed E-state index contributed by atoms with van der Waals surface area (Å²) in [7, 11) is 0. The van der Waals surface area contributed by atoms with Crippen molar-refractivity contribution in [2.24, 2.45) is 0 Å². The van der Waals surface area contributed by atoms with Gasteiger partial charge in [0, 0.05) is 23.2 Å². The van der Waals surface area contributed by atoms with Gasteiger partial charge in [-0.1, -0.05) is 36.3 Å². The van der Waals surface area contributed by atoms with E-state index in [9.17, 15) is 14.4 Å². The van der Waals surface area contributed by atoms with Crippen molar-refractivity contribution in [3.63, 3.8) is 0 Å². The Morgan fingerprint density at radius 3 is 2.48 bits per heavy atom. The summed E-state index contributed by atoms with van der Waals surface area (Å²) in [6.07, 6.45) is 0.374. The fraction of sp³-hybridized carbons (Fsp3) is 0.200. The number of hydrogen-bond donors (Lipinski definition) is 1. The molecule has 3 aromatic rings. The smallest absolute Gasteiger partial charge is 0.326 e. The Labute approximate surface area is 155 Å². The summed E-state index contributed by atoms with van der Waals surface area (Å²) in [5.41, 5.74) is 2.69. The Bertz CT molecular complexity index is 1030. The Morgan fingerprint density at radius 2 is 1.81 bits per heavy atom. The van der Waals surface area contributed by atoms with E-state index in [1.54, 1.807) is 31.2 Å². The van der Waals surface area contributed by atoms with Crippen molar-refractivity contribution in [3.05, 3.63) is 70.2 Å². The number of anilines is 1. The van der Waals surface area contributed by atoms with Gasteiger partial charge in [-0.3, -0.25) is 14.1 Å². The number of aryl methyl sites for hydroxylation is 1. The number of nitrogens with one attached hydrogen (secondary N) is 1. The van der Waals surface area contributed by atoms with Crippen LogP contribution in [0.25, 0.3) is 11.4 Å². The van der Waals surface area contributed by atoms with Crippen LogP contribution in [-0.2, 0) is 11.3 Å². The molecule has 0 aliphatic carbocycles. The lowest BCUT2D eigenvalue weighted by Gasteiger charge is -2.07. The van der Waals surface area contributed by atoms with Crippen LogP contribution < -0.4 is 11.1 Å². The number of rotatable bonds is 6. The maximum absolute atomic E-state index is 12.6. The Morgan fingerprint density at radius 1 is 1.11 bits per heavy atom.